The van der Waals surface area contributed by atoms with Crippen molar-refractivity contribution in [3.63, 3.8) is 0 Å². The third-order valence-electron chi connectivity index (χ3n) is 5.24. The number of halogens is 2. The number of benzene rings is 2. The molecule has 1 fully saturated rings. The van der Waals surface area contributed by atoms with E-state index < -0.39 is 0 Å². The van der Waals surface area contributed by atoms with Gasteiger partial charge in [0.15, 0.2) is 0 Å². The molecule has 0 saturated carbocycles. The number of carbonyl (C=O) groups excluding carboxylic acids is 1. The van der Waals surface area contributed by atoms with Gasteiger partial charge in [-0.2, -0.15) is 0 Å². The molecule has 0 bridgehead atoms. The molecule has 4 nitrogen and oxygen atoms in total. The maximum absolute atomic E-state index is 12.3. The van der Waals surface area contributed by atoms with Crippen LogP contribution < -0.4 is 11.1 Å². The summed E-state index contributed by atoms with van der Waals surface area (Å²) >= 11 is 0. The molecule has 1 atom stereocenters. The predicted octanol–water partition coefficient (Wildman–Crippen LogP) is 4.01. The van der Waals surface area contributed by atoms with Crippen LogP contribution >= 0.6 is 24.8 Å². The smallest absolute Gasteiger partial charge is 0.222 e. The predicted molar refractivity (Wildman–Crippen MR) is 120 cm³/mol. The number of hydrogen-bond donors (Lipinski definition) is 2. The molecular formula is C22H31Cl2N3O. The van der Waals surface area contributed by atoms with Gasteiger partial charge in [0.05, 0.1) is 0 Å². The van der Waals surface area contributed by atoms with Gasteiger partial charge in [0, 0.05) is 38.1 Å². The second kappa shape index (κ2) is 12.1. The molecule has 3 N–H and O–H groups in total. The molecule has 1 heterocycles. The van der Waals surface area contributed by atoms with E-state index >= 15 is 0 Å². The fourth-order valence-electron chi connectivity index (χ4n) is 3.57. The van der Waals surface area contributed by atoms with Gasteiger partial charge >= 0.3 is 0 Å². The van der Waals surface area contributed by atoms with Crippen LogP contribution in [0.25, 0.3) is 0 Å². The topological polar surface area (TPSA) is 58.4 Å². The van der Waals surface area contributed by atoms with Crippen molar-refractivity contribution in [1.82, 2.24) is 10.2 Å². The molecule has 28 heavy (non-hydrogen) atoms. The summed E-state index contributed by atoms with van der Waals surface area (Å²) in [4.78, 5) is 14.8. The number of carbonyl (C=O) groups is 1. The van der Waals surface area contributed by atoms with Gasteiger partial charge in [-0.1, -0.05) is 54.6 Å². The van der Waals surface area contributed by atoms with Crippen LogP contribution in [0.5, 0.6) is 0 Å². The number of piperidine rings is 1. The molecule has 0 spiro atoms. The largest absolute Gasteiger partial charge is 0.353 e. The van der Waals surface area contributed by atoms with Gasteiger partial charge in [0.25, 0.3) is 0 Å². The zero-order valence-electron chi connectivity index (χ0n) is 16.3. The standard InChI is InChI=1S/C22H29N3O.2ClH/c1-17-7-5-6-10-19(17)16-25-13-11-20(12-14-25)24-22(26)15-21(23)18-8-3-2-4-9-18;;/h2-10,20-21H,11-16,23H2,1H3,(H,24,26);2*1H. The molecule has 2 aromatic carbocycles. The third-order valence-corrected chi connectivity index (χ3v) is 5.24. The first-order chi connectivity index (χ1) is 12.6. The normalized spacial score (nSPS) is 15.8. The van der Waals surface area contributed by atoms with E-state index in [1.165, 1.54) is 11.1 Å². The molecule has 6 heteroatoms. The number of nitrogens with one attached hydrogen (secondary N) is 1. The van der Waals surface area contributed by atoms with Gasteiger partial charge in [0.1, 0.15) is 0 Å². The van der Waals surface area contributed by atoms with Crippen LogP contribution in [0.4, 0.5) is 0 Å². The summed E-state index contributed by atoms with van der Waals surface area (Å²) in [5, 5.41) is 3.17. The van der Waals surface area contributed by atoms with E-state index in [9.17, 15) is 4.79 Å². The highest BCUT2D eigenvalue weighted by Crippen LogP contribution is 2.17. The fraction of sp³-hybridized carbons (Fsp3) is 0.409. The molecule has 1 aliphatic heterocycles. The van der Waals surface area contributed by atoms with Gasteiger partial charge in [0.2, 0.25) is 5.91 Å². The van der Waals surface area contributed by atoms with Crippen molar-refractivity contribution in [3.05, 3.63) is 71.3 Å². The lowest BCUT2D eigenvalue weighted by Crippen LogP contribution is -2.44. The SMILES string of the molecule is Cc1ccccc1CN1CCC(NC(=O)CC(N)c2ccccc2)CC1.Cl.Cl. The minimum absolute atomic E-state index is 0. The highest BCUT2D eigenvalue weighted by atomic mass is 35.5. The van der Waals surface area contributed by atoms with Crippen LogP contribution in [-0.2, 0) is 11.3 Å². The Labute approximate surface area is 180 Å². The Morgan fingerprint density at radius 2 is 1.68 bits per heavy atom. The number of amides is 1. The Bertz CT molecular complexity index is 719. The minimum atomic E-state index is -0.239. The molecule has 1 amide bonds. The van der Waals surface area contributed by atoms with E-state index in [0.717, 1.165) is 38.0 Å². The van der Waals surface area contributed by atoms with Crippen LogP contribution in [0.1, 0.15) is 42.0 Å². The van der Waals surface area contributed by atoms with Crippen molar-refractivity contribution < 1.29 is 4.79 Å². The first-order valence-corrected chi connectivity index (χ1v) is 9.48. The Balaban J connectivity index is 0.00000196. The number of nitrogens with zero attached hydrogens (tertiary/aromatic N) is 1. The molecule has 1 unspecified atom stereocenters. The van der Waals surface area contributed by atoms with Gasteiger partial charge in [-0.05, 0) is 36.5 Å². The van der Waals surface area contributed by atoms with E-state index in [-0.39, 0.29) is 42.8 Å². The van der Waals surface area contributed by atoms with Crippen LogP contribution in [0.15, 0.2) is 54.6 Å². The highest BCUT2D eigenvalue weighted by molar-refractivity contribution is 5.85. The highest BCUT2D eigenvalue weighted by Gasteiger charge is 2.22. The van der Waals surface area contributed by atoms with E-state index in [0.29, 0.717) is 6.42 Å². The van der Waals surface area contributed by atoms with Crippen molar-refractivity contribution in [3.8, 4) is 0 Å². The van der Waals surface area contributed by atoms with E-state index in [1.807, 2.05) is 30.3 Å². The van der Waals surface area contributed by atoms with Crippen LogP contribution in [0, 0.1) is 6.92 Å². The Morgan fingerprint density at radius 3 is 2.32 bits per heavy atom. The molecular weight excluding hydrogens is 393 g/mol. The molecule has 0 aromatic heterocycles. The molecule has 0 radical (unpaired) electrons. The van der Waals surface area contributed by atoms with E-state index in [2.05, 4.69) is 41.4 Å². The second-order valence-corrected chi connectivity index (χ2v) is 7.27. The third kappa shape index (κ3) is 7.10. The van der Waals surface area contributed by atoms with Gasteiger partial charge in [-0.25, -0.2) is 0 Å². The average Bonchev–Trinajstić information content (AvgIpc) is 2.66. The number of likely N-dealkylation sites (tertiary alicyclic amines) is 1. The molecule has 2 aromatic rings. The summed E-state index contributed by atoms with van der Waals surface area (Å²) in [6.45, 7) is 5.19. The first-order valence-electron chi connectivity index (χ1n) is 9.48. The Hall–Kier alpha value is -1.59. The lowest BCUT2D eigenvalue weighted by atomic mass is 10.0. The molecule has 3 rings (SSSR count). The van der Waals surface area contributed by atoms with E-state index in [1.54, 1.807) is 0 Å². The summed E-state index contributed by atoms with van der Waals surface area (Å²) < 4.78 is 0. The quantitative estimate of drug-likeness (QED) is 0.737. The Kier molecular flexibility index (Phi) is 10.5. The van der Waals surface area contributed by atoms with Crippen molar-refractivity contribution in [1.29, 1.82) is 0 Å². The van der Waals surface area contributed by atoms with Gasteiger partial charge in [-0.15, -0.1) is 24.8 Å². The average molecular weight is 424 g/mol. The van der Waals surface area contributed by atoms with Crippen molar-refractivity contribution >= 4 is 30.7 Å². The van der Waals surface area contributed by atoms with Crippen molar-refractivity contribution in [2.24, 2.45) is 5.73 Å². The number of nitrogens with two attached hydrogens (primary N) is 1. The molecule has 1 saturated heterocycles. The van der Waals surface area contributed by atoms with Crippen LogP contribution in [0.2, 0.25) is 0 Å². The lowest BCUT2D eigenvalue weighted by Gasteiger charge is -2.32. The monoisotopic (exact) mass is 423 g/mol. The maximum Gasteiger partial charge on any atom is 0.222 e. The van der Waals surface area contributed by atoms with Crippen LogP contribution in [0.3, 0.4) is 0 Å². The van der Waals surface area contributed by atoms with Gasteiger partial charge < -0.3 is 11.1 Å². The zero-order valence-corrected chi connectivity index (χ0v) is 18.0. The summed E-state index contributed by atoms with van der Waals surface area (Å²) in [6.07, 6.45) is 2.34. The number of hydrogen-bond acceptors (Lipinski definition) is 3. The Morgan fingerprint density at radius 1 is 1.07 bits per heavy atom. The molecule has 0 aliphatic carbocycles. The van der Waals surface area contributed by atoms with E-state index in [4.69, 9.17) is 5.73 Å². The minimum Gasteiger partial charge on any atom is -0.353 e. The number of rotatable bonds is 6. The van der Waals surface area contributed by atoms with Crippen LogP contribution in [-0.4, -0.2) is 29.9 Å². The molecule has 1 aliphatic rings. The summed E-state index contributed by atoms with van der Waals surface area (Å²) in [5.74, 6) is 0.0544. The zero-order chi connectivity index (χ0) is 18.4. The lowest BCUT2D eigenvalue weighted by molar-refractivity contribution is -0.122. The molecule has 154 valence electrons. The maximum atomic E-state index is 12.3. The second-order valence-electron chi connectivity index (χ2n) is 7.27. The fourth-order valence-corrected chi connectivity index (χ4v) is 3.57. The summed E-state index contributed by atoms with van der Waals surface area (Å²) in [7, 11) is 0. The number of aryl methyl sites for hydroxylation is 1. The van der Waals surface area contributed by atoms with Crippen molar-refractivity contribution in [2.75, 3.05) is 13.1 Å². The van der Waals surface area contributed by atoms with Gasteiger partial charge in [-0.3, -0.25) is 9.69 Å². The van der Waals surface area contributed by atoms with Crippen molar-refractivity contribution in [2.45, 2.75) is 44.8 Å². The first kappa shape index (κ1) is 24.4. The summed E-state index contributed by atoms with van der Waals surface area (Å²) in [6, 6.07) is 18.4. The summed E-state index contributed by atoms with van der Waals surface area (Å²) in [5.41, 5.74) is 9.90.